The van der Waals surface area contributed by atoms with Crippen LogP contribution in [0.1, 0.15) is 12.8 Å². The average Bonchev–Trinajstić information content (AvgIpc) is 2.32. The number of amides is 1. The van der Waals surface area contributed by atoms with Gasteiger partial charge in [-0.1, -0.05) is 0 Å². The average molecular weight is 193 g/mol. The van der Waals surface area contributed by atoms with E-state index in [9.17, 15) is 13.2 Å². The van der Waals surface area contributed by atoms with E-state index in [1.54, 1.807) is 4.72 Å². The first kappa shape index (κ1) is 9.43. The highest BCUT2D eigenvalue weighted by Gasteiger charge is 2.23. The van der Waals surface area contributed by atoms with Crippen molar-refractivity contribution in [3.8, 4) is 0 Å². The van der Waals surface area contributed by atoms with Gasteiger partial charge in [0.25, 0.3) is 16.1 Å². The summed E-state index contributed by atoms with van der Waals surface area (Å²) in [7, 11) is -3.90. The van der Waals surface area contributed by atoms with Crippen molar-refractivity contribution in [1.29, 1.82) is 0 Å². The fourth-order valence-electron chi connectivity index (χ4n) is 1.12. The third-order valence-corrected chi connectivity index (χ3v) is 2.11. The number of nitrogens with two attached hydrogens (primary N) is 1. The maximum atomic E-state index is 11.0. The molecule has 1 saturated heterocycles. The molecule has 0 aliphatic carbocycles. The molecule has 12 heavy (non-hydrogen) atoms. The van der Waals surface area contributed by atoms with E-state index < -0.39 is 22.2 Å². The van der Waals surface area contributed by atoms with Crippen molar-refractivity contribution in [2.75, 3.05) is 6.54 Å². The molecule has 0 bridgehead atoms. The van der Waals surface area contributed by atoms with Gasteiger partial charge >= 0.3 is 0 Å². The number of rotatable bonds is 2. The van der Waals surface area contributed by atoms with Gasteiger partial charge < -0.3 is 5.32 Å². The Bertz CT molecular complexity index is 268. The van der Waals surface area contributed by atoms with Gasteiger partial charge in [0, 0.05) is 0 Å². The molecule has 0 spiro atoms. The van der Waals surface area contributed by atoms with Crippen LogP contribution in [0.4, 0.5) is 0 Å². The second-order valence-corrected chi connectivity index (χ2v) is 3.95. The summed E-state index contributed by atoms with van der Waals surface area (Å²) >= 11 is 0. The molecule has 1 aliphatic heterocycles. The van der Waals surface area contributed by atoms with Crippen LogP contribution in [0.3, 0.4) is 0 Å². The molecule has 1 heterocycles. The van der Waals surface area contributed by atoms with Gasteiger partial charge in [0.15, 0.2) is 0 Å². The molecule has 1 amide bonds. The fourth-order valence-corrected chi connectivity index (χ4v) is 1.54. The standard InChI is InChI=1S/C5H11N3O3S/c6-12(10,11)8-5(9)4-2-1-3-7-4/h4,7H,1-3H2,(H,8,9)(H2,6,10,11)/t4-/m0/s1. The Kier molecular flexibility index (Phi) is 2.65. The van der Waals surface area contributed by atoms with Crippen LogP contribution < -0.4 is 15.2 Å². The Morgan fingerprint density at radius 3 is 2.67 bits per heavy atom. The van der Waals surface area contributed by atoms with Crippen LogP contribution in [0, 0.1) is 0 Å². The Hall–Kier alpha value is -0.660. The van der Waals surface area contributed by atoms with E-state index in [1.165, 1.54) is 0 Å². The summed E-state index contributed by atoms with van der Waals surface area (Å²) in [6, 6.07) is -0.414. The first-order chi connectivity index (χ1) is 5.49. The summed E-state index contributed by atoms with van der Waals surface area (Å²) < 4.78 is 22.5. The van der Waals surface area contributed by atoms with Gasteiger partial charge in [-0.25, -0.2) is 9.86 Å². The number of nitrogens with one attached hydrogen (secondary N) is 2. The molecule has 1 rings (SSSR count). The van der Waals surface area contributed by atoms with Gasteiger partial charge in [-0.15, -0.1) is 0 Å². The first-order valence-electron chi connectivity index (χ1n) is 3.57. The van der Waals surface area contributed by atoms with Crippen LogP contribution in [0.25, 0.3) is 0 Å². The van der Waals surface area contributed by atoms with Crippen LogP contribution in [-0.4, -0.2) is 26.9 Å². The van der Waals surface area contributed by atoms with Crippen LogP contribution in [0.5, 0.6) is 0 Å². The van der Waals surface area contributed by atoms with Crippen molar-refractivity contribution in [3.05, 3.63) is 0 Å². The number of hydrogen-bond acceptors (Lipinski definition) is 4. The van der Waals surface area contributed by atoms with Crippen molar-refractivity contribution in [3.63, 3.8) is 0 Å². The van der Waals surface area contributed by atoms with E-state index in [4.69, 9.17) is 0 Å². The number of hydrogen-bond donors (Lipinski definition) is 3. The zero-order valence-electron chi connectivity index (χ0n) is 6.41. The van der Waals surface area contributed by atoms with Gasteiger partial charge in [-0.05, 0) is 19.4 Å². The zero-order valence-corrected chi connectivity index (χ0v) is 7.23. The fraction of sp³-hybridized carbons (Fsp3) is 0.800. The highest BCUT2D eigenvalue weighted by atomic mass is 32.2. The summed E-state index contributed by atoms with van der Waals surface area (Å²) in [6.45, 7) is 0.739. The maximum absolute atomic E-state index is 11.0. The summed E-state index contributed by atoms with van der Waals surface area (Å²) in [4.78, 5) is 11.0. The molecule has 0 unspecified atom stereocenters. The van der Waals surface area contributed by atoms with Gasteiger partial charge in [0.1, 0.15) is 0 Å². The Morgan fingerprint density at radius 2 is 2.25 bits per heavy atom. The van der Waals surface area contributed by atoms with Crippen molar-refractivity contribution in [1.82, 2.24) is 10.0 Å². The highest BCUT2D eigenvalue weighted by Crippen LogP contribution is 2.04. The monoisotopic (exact) mass is 193 g/mol. The lowest BCUT2D eigenvalue weighted by Crippen LogP contribution is -2.45. The Labute approximate surface area is 70.7 Å². The molecule has 1 atom stereocenters. The molecule has 0 aromatic heterocycles. The summed E-state index contributed by atoms with van der Waals surface area (Å²) in [5.74, 6) is -0.574. The quantitative estimate of drug-likeness (QED) is 0.474. The van der Waals surface area contributed by atoms with Crippen molar-refractivity contribution < 1.29 is 13.2 Å². The Balaban J connectivity index is 2.48. The molecule has 0 radical (unpaired) electrons. The normalized spacial score (nSPS) is 23.9. The van der Waals surface area contributed by atoms with Crippen LogP contribution in [-0.2, 0) is 15.0 Å². The molecule has 0 aromatic carbocycles. The second kappa shape index (κ2) is 3.38. The minimum Gasteiger partial charge on any atom is -0.306 e. The molecule has 1 fully saturated rings. The lowest BCUT2D eigenvalue weighted by Gasteiger charge is -2.08. The Morgan fingerprint density at radius 1 is 1.58 bits per heavy atom. The predicted molar refractivity (Wildman–Crippen MR) is 42.3 cm³/mol. The van der Waals surface area contributed by atoms with Crippen molar-refractivity contribution in [2.45, 2.75) is 18.9 Å². The first-order valence-corrected chi connectivity index (χ1v) is 5.11. The van der Waals surface area contributed by atoms with E-state index >= 15 is 0 Å². The van der Waals surface area contributed by atoms with Crippen molar-refractivity contribution in [2.24, 2.45) is 5.14 Å². The molecule has 0 saturated carbocycles. The van der Waals surface area contributed by atoms with E-state index in [1.807, 2.05) is 0 Å². The van der Waals surface area contributed by atoms with Crippen LogP contribution >= 0.6 is 0 Å². The third kappa shape index (κ3) is 2.76. The largest absolute Gasteiger partial charge is 0.306 e. The highest BCUT2D eigenvalue weighted by molar-refractivity contribution is 7.87. The summed E-state index contributed by atoms with van der Waals surface area (Å²) in [6.07, 6.45) is 1.53. The van der Waals surface area contributed by atoms with Gasteiger partial charge in [0.2, 0.25) is 0 Å². The molecule has 7 heteroatoms. The lowest BCUT2D eigenvalue weighted by molar-refractivity contribution is -0.121. The van der Waals surface area contributed by atoms with Gasteiger partial charge in [-0.2, -0.15) is 8.42 Å². The topological polar surface area (TPSA) is 101 Å². The lowest BCUT2D eigenvalue weighted by atomic mass is 10.2. The van der Waals surface area contributed by atoms with E-state index in [-0.39, 0.29) is 0 Å². The molecule has 6 nitrogen and oxygen atoms in total. The van der Waals surface area contributed by atoms with Gasteiger partial charge in [0.05, 0.1) is 6.04 Å². The smallest absolute Gasteiger partial charge is 0.298 e. The SMILES string of the molecule is NS(=O)(=O)NC(=O)[C@@H]1CCCN1. The minimum atomic E-state index is -3.90. The van der Waals surface area contributed by atoms with E-state index in [2.05, 4.69) is 10.5 Å². The summed E-state index contributed by atoms with van der Waals surface area (Å²) in [5.41, 5.74) is 0. The minimum absolute atomic E-state index is 0.414. The molecule has 1 aliphatic rings. The van der Waals surface area contributed by atoms with Crippen LogP contribution in [0.2, 0.25) is 0 Å². The molecular weight excluding hydrogens is 182 g/mol. The predicted octanol–water partition coefficient (Wildman–Crippen LogP) is -1.94. The third-order valence-electron chi connectivity index (χ3n) is 1.62. The summed E-state index contributed by atoms with van der Waals surface area (Å²) in [5, 5.41) is 7.46. The molecule has 70 valence electrons. The second-order valence-electron chi connectivity index (χ2n) is 2.66. The van der Waals surface area contributed by atoms with Gasteiger partial charge in [-0.3, -0.25) is 4.79 Å². The number of carbonyl (C=O) groups is 1. The van der Waals surface area contributed by atoms with E-state index in [0.717, 1.165) is 13.0 Å². The molecular formula is C5H11N3O3S. The van der Waals surface area contributed by atoms with Crippen LogP contribution in [0.15, 0.2) is 0 Å². The van der Waals surface area contributed by atoms with Crippen molar-refractivity contribution >= 4 is 16.1 Å². The molecule has 0 aromatic rings. The zero-order chi connectivity index (χ0) is 9.19. The number of carbonyl (C=O) groups excluding carboxylic acids is 1. The van der Waals surface area contributed by atoms with E-state index in [0.29, 0.717) is 6.42 Å². The molecule has 4 N–H and O–H groups in total. The maximum Gasteiger partial charge on any atom is 0.298 e.